The van der Waals surface area contributed by atoms with Crippen molar-refractivity contribution in [1.82, 2.24) is 0 Å². The molecular formula is C14H6Cl5NO5. The third kappa shape index (κ3) is 3.88. The Hall–Kier alpha value is -1.44. The van der Waals surface area contributed by atoms with Crippen molar-refractivity contribution in [1.29, 1.82) is 0 Å². The van der Waals surface area contributed by atoms with Gasteiger partial charge in [0.2, 0.25) is 0 Å². The highest BCUT2D eigenvalue weighted by Crippen LogP contribution is 2.49. The molecule has 0 aliphatic heterocycles. The summed E-state index contributed by atoms with van der Waals surface area (Å²) in [6.07, 6.45) is 0. The van der Waals surface area contributed by atoms with Crippen LogP contribution in [0.5, 0.6) is 11.5 Å². The average molecular weight is 445 g/mol. The molecule has 0 aliphatic carbocycles. The first-order valence-electron chi connectivity index (χ1n) is 6.25. The summed E-state index contributed by atoms with van der Waals surface area (Å²) >= 11 is 29.9. The number of benzene rings is 2. The molecule has 0 amide bonds. The van der Waals surface area contributed by atoms with Gasteiger partial charge in [-0.25, -0.2) is 4.79 Å². The van der Waals surface area contributed by atoms with E-state index in [1.807, 2.05) is 0 Å². The van der Waals surface area contributed by atoms with Crippen LogP contribution < -0.4 is 4.74 Å². The van der Waals surface area contributed by atoms with Crippen LogP contribution in [0.1, 0.15) is 10.4 Å². The van der Waals surface area contributed by atoms with Crippen LogP contribution in [0.25, 0.3) is 0 Å². The molecule has 132 valence electrons. The zero-order chi connectivity index (χ0) is 18.9. The van der Waals surface area contributed by atoms with Crippen molar-refractivity contribution in [2.45, 2.75) is 0 Å². The molecular weight excluding hydrogens is 439 g/mol. The zero-order valence-electron chi connectivity index (χ0n) is 12.1. The smallest absolute Gasteiger partial charge is 0.345 e. The maximum Gasteiger partial charge on any atom is 0.345 e. The van der Waals surface area contributed by atoms with Crippen LogP contribution in [0.3, 0.4) is 0 Å². The van der Waals surface area contributed by atoms with Crippen LogP contribution in [0.4, 0.5) is 5.69 Å². The van der Waals surface area contributed by atoms with Gasteiger partial charge in [-0.3, -0.25) is 10.1 Å². The van der Waals surface area contributed by atoms with Crippen molar-refractivity contribution in [3.63, 3.8) is 0 Å². The number of halogens is 5. The Morgan fingerprint density at radius 2 is 1.52 bits per heavy atom. The lowest BCUT2D eigenvalue weighted by atomic mass is 10.1. The average Bonchev–Trinajstić information content (AvgIpc) is 2.60. The number of carbonyl (C=O) groups excluding carboxylic acids is 1. The van der Waals surface area contributed by atoms with E-state index < -0.39 is 16.6 Å². The minimum Gasteiger partial charge on any atom is -0.465 e. The first-order valence-corrected chi connectivity index (χ1v) is 8.14. The summed E-state index contributed by atoms with van der Waals surface area (Å²) in [7, 11) is 1.09. The van der Waals surface area contributed by atoms with Crippen molar-refractivity contribution in [3.8, 4) is 11.5 Å². The van der Waals surface area contributed by atoms with Crippen LogP contribution >= 0.6 is 58.0 Å². The van der Waals surface area contributed by atoms with E-state index >= 15 is 0 Å². The number of ether oxygens (including phenoxy) is 2. The second-order valence-corrected chi connectivity index (χ2v) is 6.32. The quantitative estimate of drug-likeness (QED) is 0.178. The molecule has 0 unspecified atom stereocenters. The molecule has 0 heterocycles. The fourth-order valence-electron chi connectivity index (χ4n) is 1.80. The molecule has 0 fully saturated rings. The molecule has 0 saturated heterocycles. The number of nitrogens with zero attached hydrogens (tertiary/aromatic N) is 1. The van der Waals surface area contributed by atoms with E-state index in [1.165, 1.54) is 6.07 Å². The molecule has 0 aliphatic rings. The number of hydrogen-bond acceptors (Lipinski definition) is 5. The van der Waals surface area contributed by atoms with Gasteiger partial charge in [0.05, 0.1) is 27.1 Å². The topological polar surface area (TPSA) is 78.7 Å². The number of carbonyl (C=O) groups is 1. The first-order chi connectivity index (χ1) is 11.7. The lowest BCUT2D eigenvalue weighted by molar-refractivity contribution is -0.385. The molecule has 11 heteroatoms. The summed E-state index contributed by atoms with van der Waals surface area (Å²) in [5, 5.41) is 10.6. The van der Waals surface area contributed by atoms with E-state index in [-0.39, 0.29) is 42.2 Å². The van der Waals surface area contributed by atoms with Gasteiger partial charge in [0.15, 0.2) is 5.75 Å². The maximum atomic E-state index is 11.7. The molecule has 2 rings (SSSR count). The predicted octanol–water partition coefficient (Wildman–Crippen LogP) is 6.44. The standard InChI is InChI=1S/C14H6Cl5NO5/c1-24-14(21)6-4-5(2-3-7(6)20(22)23)25-13-11(18)9(16)8(15)10(17)12(13)19/h2-4H,1H3. The summed E-state index contributed by atoms with van der Waals surface area (Å²) in [6.45, 7) is 0. The summed E-state index contributed by atoms with van der Waals surface area (Å²) < 4.78 is 10.0. The molecule has 0 saturated carbocycles. The van der Waals surface area contributed by atoms with Gasteiger partial charge < -0.3 is 9.47 Å². The zero-order valence-corrected chi connectivity index (χ0v) is 15.9. The van der Waals surface area contributed by atoms with Crippen LogP contribution in [-0.4, -0.2) is 18.0 Å². The number of hydrogen-bond donors (Lipinski definition) is 0. The highest BCUT2D eigenvalue weighted by atomic mass is 35.5. The highest BCUT2D eigenvalue weighted by Gasteiger charge is 2.24. The van der Waals surface area contributed by atoms with Crippen LogP contribution in [0.15, 0.2) is 18.2 Å². The van der Waals surface area contributed by atoms with Gasteiger partial charge in [-0.2, -0.15) is 0 Å². The van der Waals surface area contributed by atoms with Crippen molar-refractivity contribution in [2.75, 3.05) is 7.11 Å². The Balaban J connectivity index is 2.56. The molecule has 2 aromatic carbocycles. The van der Waals surface area contributed by atoms with E-state index in [4.69, 9.17) is 62.7 Å². The summed E-state index contributed by atoms with van der Waals surface area (Å²) in [6, 6.07) is 3.42. The molecule has 0 spiro atoms. The second kappa shape index (κ2) is 7.85. The molecule has 2 aromatic rings. The lowest BCUT2D eigenvalue weighted by Gasteiger charge is -2.14. The Morgan fingerprint density at radius 3 is 2.00 bits per heavy atom. The molecule has 0 bridgehead atoms. The third-order valence-corrected chi connectivity index (χ3v) is 5.20. The summed E-state index contributed by atoms with van der Waals surface area (Å²) in [5.74, 6) is -1.02. The van der Waals surface area contributed by atoms with E-state index in [0.29, 0.717) is 0 Å². The van der Waals surface area contributed by atoms with Gasteiger partial charge in [0.1, 0.15) is 21.4 Å². The fourth-order valence-corrected chi connectivity index (χ4v) is 3.00. The normalized spacial score (nSPS) is 10.5. The van der Waals surface area contributed by atoms with Gasteiger partial charge in [0, 0.05) is 12.1 Å². The summed E-state index contributed by atoms with van der Waals surface area (Å²) in [5.41, 5.74) is -0.771. The number of methoxy groups -OCH3 is 1. The highest BCUT2D eigenvalue weighted by molar-refractivity contribution is 6.55. The Kier molecular flexibility index (Phi) is 6.24. The third-order valence-electron chi connectivity index (χ3n) is 2.96. The summed E-state index contributed by atoms with van der Waals surface area (Å²) in [4.78, 5) is 22.0. The monoisotopic (exact) mass is 443 g/mol. The van der Waals surface area contributed by atoms with Gasteiger partial charge >= 0.3 is 5.97 Å². The predicted molar refractivity (Wildman–Crippen MR) is 96.0 cm³/mol. The largest absolute Gasteiger partial charge is 0.465 e. The number of nitro benzene ring substituents is 1. The van der Waals surface area contributed by atoms with E-state index in [1.54, 1.807) is 0 Å². The molecule has 0 atom stereocenters. The molecule has 25 heavy (non-hydrogen) atoms. The molecule has 6 nitrogen and oxygen atoms in total. The van der Waals surface area contributed by atoms with E-state index in [9.17, 15) is 14.9 Å². The SMILES string of the molecule is COC(=O)c1cc(Oc2c(Cl)c(Cl)c(Cl)c(Cl)c2Cl)ccc1[N+](=O)[O-]. The fraction of sp³-hybridized carbons (Fsp3) is 0.0714. The van der Waals surface area contributed by atoms with E-state index in [0.717, 1.165) is 19.2 Å². The number of esters is 1. The Bertz CT molecular complexity index is 857. The Morgan fingerprint density at radius 1 is 1.00 bits per heavy atom. The van der Waals surface area contributed by atoms with Gasteiger partial charge in [-0.15, -0.1) is 0 Å². The van der Waals surface area contributed by atoms with Gasteiger partial charge in [-0.05, 0) is 6.07 Å². The maximum absolute atomic E-state index is 11.7. The van der Waals surface area contributed by atoms with Crippen molar-refractivity contribution in [2.24, 2.45) is 0 Å². The van der Waals surface area contributed by atoms with Crippen molar-refractivity contribution < 1.29 is 19.2 Å². The van der Waals surface area contributed by atoms with Crippen molar-refractivity contribution >= 4 is 69.7 Å². The Labute approximate surface area is 166 Å². The first kappa shape index (κ1) is 19.9. The lowest BCUT2D eigenvalue weighted by Crippen LogP contribution is -2.06. The van der Waals surface area contributed by atoms with Crippen LogP contribution in [0.2, 0.25) is 25.1 Å². The van der Waals surface area contributed by atoms with Crippen LogP contribution in [-0.2, 0) is 4.74 Å². The number of rotatable bonds is 4. The van der Waals surface area contributed by atoms with Crippen molar-refractivity contribution in [3.05, 3.63) is 59.0 Å². The molecule has 0 radical (unpaired) electrons. The molecule has 0 N–H and O–H groups in total. The molecule has 0 aromatic heterocycles. The van der Waals surface area contributed by atoms with Gasteiger partial charge in [0.25, 0.3) is 5.69 Å². The van der Waals surface area contributed by atoms with E-state index in [2.05, 4.69) is 4.74 Å². The minimum atomic E-state index is -0.915. The number of nitro groups is 1. The van der Waals surface area contributed by atoms with Gasteiger partial charge in [-0.1, -0.05) is 58.0 Å². The second-order valence-electron chi connectivity index (χ2n) is 4.43. The minimum absolute atomic E-state index is 0.0178. The van der Waals surface area contributed by atoms with Crippen LogP contribution in [0, 0.1) is 10.1 Å².